The summed E-state index contributed by atoms with van der Waals surface area (Å²) in [4.78, 5) is 21.8. The van der Waals surface area contributed by atoms with E-state index in [1.165, 1.54) is 11.3 Å². The van der Waals surface area contributed by atoms with E-state index in [4.69, 9.17) is 9.15 Å². The summed E-state index contributed by atoms with van der Waals surface area (Å²) in [5.41, 5.74) is 0.697. The van der Waals surface area contributed by atoms with Gasteiger partial charge in [-0.2, -0.15) is 0 Å². The van der Waals surface area contributed by atoms with Crippen LogP contribution in [0.5, 0.6) is 0 Å². The van der Waals surface area contributed by atoms with Gasteiger partial charge in [0.2, 0.25) is 0 Å². The number of nitrogens with zero attached hydrogens (tertiary/aromatic N) is 2. The van der Waals surface area contributed by atoms with Crippen molar-refractivity contribution in [3.05, 3.63) is 39.7 Å². The molecule has 0 spiro atoms. The first-order valence-electron chi connectivity index (χ1n) is 9.76. The maximum Gasteiger partial charge on any atom is 0.350 e. The van der Waals surface area contributed by atoms with Crippen LogP contribution in [0, 0.1) is 6.92 Å². The Balaban J connectivity index is 2.00. The molecule has 28 heavy (non-hydrogen) atoms. The van der Waals surface area contributed by atoms with Gasteiger partial charge in [-0.15, -0.1) is 11.3 Å². The van der Waals surface area contributed by atoms with E-state index >= 15 is 0 Å². The Kier molecular flexibility index (Phi) is 9.00. The largest absolute Gasteiger partial charge is 0.469 e. The number of thiazole rings is 1. The number of ether oxygens (including phenoxy) is 1. The highest BCUT2D eigenvalue weighted by Gasteiger charge is 2.20. The standard InChI is InChI=1S/C20H30N4O3S/c1-5-7-11-21-20(22-12-10-16-9-8-13-27-16)24-15(4)18-23-14(3)17(28-18)19(25)26-6-2/h8-9,13,15H,5-7,10-12H2,1-4H3,(H2,21,22,24). The Morgan fingerprint density at radius 2 is 2.25 bits per heavy atom. The van der Waals surface area contributed by atoms with Crippen molar-refractivity contribution in [2.24, 2.45) is 4.99 Å². The van der Waals surface area contributed by atoms with Gasteiger partial charge in [-0.3, -0.25) is 4.99 Å². The second kappa shape index (κ2) is 11.5. The predicted octanol–water partition coefficient (Wildman–Crippen LogP) is 3.86. The molecule has 2 N–H and O–H groups in total. The molecule has 0 amide bonds. The molecule has 0 aliphatic heterocycles. The number of furan rings is 1. The number of nitrogens with one attached hydrogen (secondary N) is 2. The molecule has 0 aliphatic carbocycles. The van der Waals surface area contributed by atoms with Gasteiger partial charge >= 0.3 is 5.97 Å². The van der Waals surface area contributed by atoms with Crippen molar-refractivity contribution in [2.45, 2.75) is 53.0 Å². The van der Waals surface area contributed by atoms with Gasteiger partial charge in [0.05, 0.1) is 24.6 Å². The maximum atomic E-state index is 12.0. The molecule has 8 heteroatoms. The Morgan fingerprint density at radius 3 is 2.93 bits per heavy atom. The van der Waals surface area contributed by atoms with Gasteiger partial charge in [-0.05, 0) is 39.3 Å². The van der Waals surface area contributed by atoms with Gasteiger partial charge < -0.3 is 19.8 Å². The zero-order chi connectivity index (χ0) is 20.4. The lowest BCUT2D eigenvalue weighted by Crippen LogP contribution is -2.39. The fraction of sp³-hybridized carbons (Fsp3) is 0.550. The topological polar surface area (TPSA) is 88.8 Å². The third kappa shape index (κ3) is 6.67. The lowest BCUT2D eigenvalue weighted by Gasteiger charge is -2.16. The lowest BCUT2D eigenvalue weighted by atomic mass is 10.3. The van der Waals surface area contributed by atoms with E-state index in [0.717, 1.165) is 42.5 Å². The molecule has 0 saturated carbocycles. The fourth-order valence-corrected chi connectivity index (χ4v) is 3.48. The van der Waals surface area contributed by atoms with Gasteiger partial charge in [0.25, 0.3) is 0 Å². The van der Waals surface area contributed by atoms with Crippen LogP contribution in [0.15, 0.2) is 27.8 Å². The van der Waals surface area contributed by atoms with Crippen LogP contribution in [0.2, 0.25) is 0 Å². The van der Waals surface area contributed by atoms with E-state index in [-0.39, 0.29) is 12.0 Å². The number of aliphatic imine (C=N–C) groups is 1. The average Bonchev–Trinajstić information content (AvgIpc) is 3.31. The molecule has 0 aromatic carbocycles. The molecular weight excluding hydrogens is 376 g/mol. The summed E-state index contributed by atoms with van der Waals surface area (Å²) in [5, 5.41) is 7.56. The van der Waals surface area contributed by atoms with Gasteiger partial charge in [-0.25, -0.2) is 9.78 Å². The third-order valence-corrected chi connectivity index (χ3v) is 5.34. The van der Waals surface area contributed by atoms with Crippen LogP contribution in [0.1, 0.15) is 65.8 Å². The summed E-state index contributed by atoms with van der Waals surface area (Å²) < 4.78 is 10.5. The van der Waals surface area contributed by atoms with Crippen LogP contribution in [0.3, 0.4) is 0 Å². The van der Waals surface area contributed by atoms with E-state index in [2.05, 4.69) is 27.5 Å². The Hall–Kier alpha value is -2.35. The molecule has 0 bridgehead atoms. The summed E-state index contributed by atoms with van der Waals surface area (Å²) in [7, 11) is 0. The van der Waals surface area contributed by atoms with Gasteiger partial charge in [0, 0.05) is 19.5 Å². The number of carbonyl (C=O) groups is 1. The van der Waals surface area contributed by atoms with Crippen LogP contribution in [-0.2, 0) is 11.2 Å². The number of guanidine groups is 1. The Labute approximate surface area is 170 Å². The Bertz CT molecular complexity index is 756. The summed E-state index contributed by atoms with van der Waals surface area (Å²) >= 11 is 1.36. The SMILES string of the molecule is CCCCN=C(NCCc1ccco1)NC(C)c1nc(C)c(C(=O)OCC)s1. The summed E-state index contributed by atoms with van der Waals surface area (Å²) in [5.74, 6) is 1.35. The van der Waals surface area contributed by atoms with Crippen molar-refractivity contribution in [1.82, 2.24) is 15.6 Å². The maximum absolute atomic E-state index is 12.0. The smallest absolute Gasteiger partial charge is 0.350 e. The number of hydrogen-bond donors (Lipinski definition) is 2. The number of rotatable bonds is 10. The zero-order valence-corrected chi connectivity index (χ0v) is 17.9. The number of hydrogen-bond acceptors (Lipinski definition) is 6. The van der Waals surface area contributed by atoms with Crippen molar-refractivity contribution in [1.29, 1.82) is 0 Å². The molecule has 1 unspecified atom stereocenters. The molecule has 2 aromatic heterocycles. The van der Waals surface area contributed by atoms with Gasteiger partial charge in [0.1, 0.15) is 15.6 Å². The number of aryl methyl sites for hydroxylation is 1. The molecule has 0 saturated heterocycles. The molecule has 7 nitrogen and oxygen atoms in total. The van der Waals surface area contributed by atoms with Gasteiger partial charge in [0.15, 0.2) is 5.96 Å². The average molecular weight is 407 g/mol. The molecule has 0 radical (unpaired) electrons. The minimum absolute atomic E-state index is 0.0802. The minimum atomic E-state index is -0.315. The predicted molar refractivity (Wildman–Crippen MR) is 112 cm³/mol. The molecule has 2 heterocycles. The summed E-state index contributed by atoms with van der Waals surface area (Å²) in [6.45, 7) is 9.60. The van der Waals surface area contributed by atoms with Gasteiger partial charge in [-0.1, -0.05) is 13.3 Å². The number of unbranched alkanes of at least 4 members (excludes halogenated alkanes) is 1. The quantitative estimate of drug-likeness (QED) is 0.270. The van der Waals surface area contributed by atoms with Crippen molar-refractivity contribution in [3.8, 4) is 0 Å². The second-order valence-electron chi connectivity index (χ2n) is 6.39. The van der Waals surface area contributed by atoms with Crippen LogP contribution in [-0.4, -0.2) is 36.6 Å². The number of esters is 1. The van der Waals surface area contributed by atoms with Crippen molar-refractivity contribution in [3.63, 3.8) is 0 Å². The number of carbonyl (C=O) groups excluding carboxylic acids is 1. The molecule has 154 valence electrons. The summed E-state index contributed by atoms with van der Waals surface area (Å²) in [6, 6.07) is 3.77. The normalized spacial score (nSPS) is 12.6. The first-order valence-corrected chi connectivity index (χ1v) is 10.6. The second-order valence-corrected chi connectivity index (χ2v) is 7.42. The summed E-state index contributed by atoms with van der Waals surface area (Å²) in [6.07, 6.45) is 4.58. The third-order valence-electron chi connectivity index (χ3n) is 4.02. The minimum Gasteiger partial charge on any atom is -0.469 e. The zero-order valence-electron chi connectivity index (χ0n) is 17.1. The molecule has 1 atom stereocenters. The molecular formula is C20H30N4O3S. The van der Waals surface area contributed by atoms with Crippen LogP contribution in [0.25, 0.3) is 0 Å². The first-order chi connectivity index (χ1) is 13.5. The van der Waals surface area contributed by atoms with Crippen LogP contribution in [0.4, 0.5) is 0 Å². The molecule has 2 rings (SSSR count). The van der Waals surface area contributed by atoms with Crippen LogP contribution < -0.4 is 10.6 Å². The lowest BCUT2D eigenvalue weighted by molar-refractivity contribution is 0.0531. The van der Waals surface area contributed by atoms with Crippen molar-refractivity contribution in [2.75, 3.05) is 19.7 Å². The van der Waals surface area contributed by atoms with E-state index in [1.807, 2.05) is 26.0 Å². The molecule has 2 aromatic rings. The highest BCUT2D eigenvalue weighted by molar-refractivity contribution is 7.13. The highest BCUT2D eigenvalue weighted by Crippen LogP contribution is 2.24. The molecule has 0 aliphatic rings. The fourth-order valence-electron chi connectivity index (χ4n) is 2.52. The molecule has 0 fully saturated rings. The van der Waals surface area contributed by atoms with E-state index in [9.17, 15) is 4.79 Å². The van der Waals surface area contributed by atoms with E-state index < -0.39 is 0 Å². The van der Waals surface area contributed by atoms with E-state index in [0.29, 0.717) is 23.7 Å². The van der Waals surface area contributed by atoms with Crippen molar-refractivity contribution >= 4 is 23.3 Å². The monoisotopic (exact) mass is 406 g/mol. The van der Waals surface area contributed by atoms with E-state index in [1.54, 1.807) is 13.2 Å². The highest BCUT2D eigenvalue weighted by atomic mass is 32.1. The van der Waals surface area contributed by atoms with Crippen molar-refractivity contribution < 1.29 is 13.9 Å². The first kappa shape index (κ1) is 21.9. The number of aromatic nitrogens is 1. The van der Waals surface area contributed by atoms with Crippen LogP contribution >= 0.6 is 11.3 Å². The Morgan fingerprint density at radius 1 is 1.43 bits per heavy atom.